The topological polar surface area (TPSA) is 24.5 Å². The van der Waals surface area contributed by atoms with Crippen LogP contribution in [0.4, 0.5) is 4.39 Å². The number of likely N-dealkylation sites (tertiary alicyclic amines) is 1. The third-order valence-electron chi connectivity index (χ3n) is 4.09. The van der Waals surface area contributed by atoms with Gasteiger partial charge in [0.25, 0.3) is 0 Å². The van der Waals surface area contributed by atoms with Crippen LogP contribution in [0.2, 0.25) is 0 Å². The zero-order valence-electron chi connectivity index (χ0n) is 12.5. The summed E-state index contributed by atoms with van der Waals surface area (Å²) in [4.78, 5) is 2.47. The number of piperidine rings is 1. The maximum atomic E-state index is 13.5. The highest BCUT2D eigenvalue weighted by Crippen LogP contribution is 2.26. The van der Waals surface area contributed by atoms with Crippen molar-refractivity contribution in [1.82, 2.24) is 10.2 Å². The van der Waals surface area contributed by atoms with E-state index >= 15 is 0 Å². The van der Waals surface area contributed by atoms with Crippen LogP contribution in [0.15, 0.2) is 18.2 Å². The van der Waals surface area contributed by atoms with Gasteiger partial charge in [0, 0.05) is 18.2 Å². The van der Waals surface area contributed by atoms with Gasteiger partial charge in [0.05, 0.1) is 7.11 Å². The Labute approximate surface area is 121 Å². The summed E-state index contributed by atoms with van der Waals surface area (Å²) in [7, 11) is 3.63. The molecule has 0 radical (unpaired) electrons. The average Bonchev–Trinajstić information content (AvgIpc) is 2.47. The average molecular weight is 280 g/mol. The molecule has 0 aliphatic carbocycles. The minimum atomic E-state index is -0.190. The van der Waals surface area contributed by atoms with Crippen LogP contribution >= 0.6 is 0 Å². The van der Waals surface area contributed by atoms with Gasteiger partial charge in [-0.15, -0.1) is 0 Å². The maximum Gasteiger partial charge on any atom is 0.123 e. The monoisotopic (exact) mass is 280 g/mol. The fraction of sp³-hybridized carbons (Fsp3) is 0.625. The zero-order chi connectivity index (χ0) is 14.4. The van der Waals surface area contributed by atoms with Crippen LogP contribution in [-0.4, -0.2) is 38.2 Å². The zero-order valence-corrected chi connectivity index (χ0v) is 12.5. The van der Waals surface area contributed by atoms with E-state index in [-0.39, 0.29) is 5.82 Å². The van der Waals surface area contributed by atoms with Crippen LogP contribution in [-0.2, 0) is 6.54 Å². The number of benzene rings is 1. The van der Waals surface area contributed by atoms with Crippen molar-refractivity contribution in [3.63, 3.8) is 0 Å². The highest BCUT2D eigenvalue weighted by molar-refractivity contribution is 5.33. The highest BCUT2D eigenvalue weighted by atomic mass is 19.1. The van der Waals surface area contributed by atoms with Crippen molar-refractivity contribution in [1.29, 1.82) is 0 Å². The molecule has 2 rings (SSSR count). The van der Waals surface area contributed by atoms with E-state index in [9.17, 15) is 4.39 Å². The van der Waals surface area contributed by atoms with Gasteiger partial charge in [0.15, 0.2) is 0 Å². The Balaban J connectivity index is 2.07. The smallest absolute Gasteiger partial charge is 0.123 e. The van der Waals surface area contributed by atoms with E-state index in [1.165, 1.54) is 25.3 Å². The minimum absolute atomic E-state index is 0.190. The number of nitrogens with one attached hydrogen (secondary N) is 1. The lowest BCUT2D eigenvalue weighted by Gasteiger charge is -2.36. The Morgan fingerprint density at radius 1 is 1.40 bits per heavy atom. The van der Waals surface area contributed by atoms with E-state index in [0.717, 1.165) is 37.4 Å². The summed E-state index contributed by atoms with van der Waals surface area (Å²) in [5.74, 6) is 0.592. The molecule has 1 fully saturated rings. The van der Waals surface area contributed by atoms with Crippen molar-refractivity contribution >= 4 is 0 Å². The number of hydrogen-bond acceptors (Lipinski definition) is 3. The Morgan fingerprint density at radius 3 is 3.00 bits per heavy atom. The number of halogens is 1. The molecule has 3 nitrogen and oxygen atoms in total. The molecule has 0 saturated carbocycles. The number of ether oxygens (including phenoxy) is 1. The molecule has 0 aromatic heterocycles. The molecule has 4 heteroatoms. The van der Waals surface area contributed by atoms with E-state index in [1.807, 2.05) is 7.05 Å². The van der Waals surface area contributed by atoms with Crippen LogP contribution in [0.3, 0.4) is 0 Å². The molecule has 0 spiro atoms. The van der Waals surface area contributed by atoms with E-state index < -0.39 is 0 Å². The van der Waals surface area contributed by atoms with Gasteiger partial charge in [-0.25, -0.2) is 4.39 Å². The Morgan fingerprint density at radius 2 is 2.25 bits per heavy atom. The van der Waals surface area contributed by atoms with Crippen molar-refractivity contribution in [3.8, 4) is 5.75 Å². The molecule has 0 bridgehead atoms. The van der Waals surface area contributed by atoms with Crippen molar-refractivity contribution in [2.24, 2.45) is 0 Å². The predicted molar refractivity (Wildman–Crippen MR) is 79.5 cm³/mol. The Kier molecular flexibility index (Phi) is 5.80. The van der Waals surface area contributed by atoms with Gasteiger partial charge in [-0.1, -0.05) is 6.42 Å². The van der Waals surface area contributed by atoms with Gasteiger partial charge in [-0.05, 0) is 57.6 Å². The van der Waals surface area contributed by atoms with Gasteiger partial charge >= 0.3 is 0 Å². The third-order valence-corrected chi connectivity index (χ3v) is 4.09. The summed E-state index contributed by atoms with van der Waals surface area (Å²) in [6.45, 7) is 2.89. The van der Waals surface area contributed by atoms with E-state index in [0.29, 0.717) is 6.04 Å². The lowest BCUT2D eigenvalue weighted by molar-refractivity contribution is 0.131. The molecular formula is C16H25FN2O. The van der Waals surface area contributed by atoms with E-state index in [2.05, 4.69) is 10.2 Å². The normalized spacial score (nSPS) is 20.1. The largest absolute Gasteiger partial charge is 0.496 e. The molecule has 1 N–H and O–H groups in total. The molecule has 1 aliphatic heterocycles. The number of nitrogens with zero attached hydrogens (tertiary/aromatic N) is 1. The SMILES string of the molecule is CNCCC1CCCCN1Cc1cc(F)ccc1OC. The Hall–Kier alpha value is -1.13. The summed E-state index contributed by atoms with van der Waals surface area (Å²) >= 11 is 0. The Bertz CT molecular complexity index is 425. The molecule has 0 amide bonds. The second-order valence-electron chi connectivity index (χ2n) is 5.47. The third kappa shape index (κ3) is 3.93. The van der Waals surface area contributed by atoms with Crippen LogP contribution in [0.1, 0.15) is 31.2 Å². The first-order valence-electron chi connectivity index (χ1n) is 7.45. The fourth-order valence-electron chi connectivity index (χ4n) is 3.00. The fourth-order valence-corrected chi connectivity index (χ4v) is 3.00. The molecule has 1 atom stereocenters. The quantitative estimate of drug-likeness (QED) is 0.867. The summed E-state index contributed by atoms with van der Waals surface area (Å²) in [6, 6.07) is 5.36. The first-order valence-corrected chi connectivity index (χ1v) is 7.45. The van der Waals surface area contributed by atoms with E-state index in [1.54, 1.807) is 19.2 Å². The van der Waals surface area contributed by atoms with Gasteiger partial charge in [0.2, 0.25) is 0 Å². The van der Waals surface area contributed by atoms with Crippen LogP contribution < -0.4 is 10.1 Å². The highest BCUT2D eigenvalue weighted by Gasteiger charge is 2.23. The minimum Gasteiger partial charge on any atom is -0.496 e. The molecule has 1 aliphatic rings. The van der Waals surface area contributed by atoms with Crippen molar-refractivity contribution in [2.75, 3.05) is 27.2 Å². The summed E-state index contributed by atoms with van der Waals surface area (Å²) < 4.78 is 18.8. The summed E-state index contributed by atoms with van der Waals surface area (Å²) in [5.41, 5.74) is 0.948. The first kappa shape index (κ1) is 15.3. The molecule has 112 valence electrons. The standard InChI is InChI=1S/C16H25FN2O/c1-18-9-8-15-5-3-4-10-19(15)12-13-11-14(17)6-7-16(13)20-2/h6-7,11,15,18H,3-5,8-10,12H2,1-2H3. The summed E-state index contributed by atoms with van der Waals surface area (Å²) in [6.07, 6.45) is 4.91. The number of rotatable bonds is 6. The molecular weight excluding hydrogens is 255 g/mol. The first-order chi connectivity index (χ1) is 9.74. The lowest BCUT2D eigenvalue weighted by atomic mass is 9.98. The summed E-state index contributed by atoms with van der Waals surface area (Å²) in [5, 5.41) is 3.22. The second-order valence-corrected chi connectivity index (χ2v) is 5.47. The molecule has 1 saturated heterocycles. The predicted octanol–water partition coefficient (Wildman–Crippen LogP) is 2.80. The molecule has 1 heterocycles. The van der Waals surface area contributed by atoms with Crippen LogP contribution in [0.25, 0.3) is 0 Å². The number of hydrogen-bond donors (Lipinski definition) is 1. The molecule has 1 aromatic carbocycles. The van der Waals surface area contributed by atoms with E-state index in [4.69, 9.17) is 4.74 Å². The van der Waals surface area contributed by atoms with Gasteiger partial charge in [-0.2, -0.15) is 0 Å². The number of methoxy groups -OCH3 is 1. The van der Waals surface area contributed by atoms with Gasteiger partial charge in [0.1, 0.15) is 11.6 Å². The van der Waals surface area contributed by atoms with Crippen LogP contribution in [0, 0.1) is 5.82 Å². The second kappa shape index (κ2) is 7.60. The van der Waals surface area contributed by atoms with Gasteiger partial charge in [-0.3, -0.25) is 4.90 Å². The maximum absolute atomic E-state index is 13.5. The van der Waals surface area contributed by atoms with Crippen molar-refractivity contribution < 1.29 is 9.13 Å². The van der Waals surface area contributed by atoms with Crippen molar-refractivity contribution in [2.45, 2.75) is 38.3 Å². The molecule has 20 heavy (non-hydrogen) atoms. The molecule has 1 aromatic rings. The van der Waals surface area contributed by atoms with Gasteiger partial charge < -0.3 is 10.1 Å². The van der Waals surface area contributed by atoms with Crippen LogP contribution in [0.5, 0.6) is 5.75 Å². The lowest BCUT2D eigenvalue weighted by Crippen LogP contribution is -2.40. The molecule has 1 unspecified atom stereocenters. The van der Waals surface area contributed by atoms with Crippen molar-refractivity contribution in [3.05, 3.63) is 29.6 Å².